The predicted molar refractivity (Wildman–Crippen MR) is 119 cm³/mol. The summed E-state index contributed by atoms with van der Waals surface area (Å²) in [6, 6.07) is 22.8. The van der Waals surface area contributed by atoms with Crippen LogP contribution < -0.4 is 0 Å². The average molecular weight is 453 g/mol. The number of ketones is 2. The first kappa shape index (κ1) is 20.6. The Kier molecular flexibility index (Phi) is 6.21. The van der Waals surface area contributed by atoms with Crippen molar-refractivity contribution in [3.05, 3.63) is 95.1 Å². The number of carbonyl (C=O) groups is 2. The average Bonchev–Trinajstić information content (AvgIpc) is 2.68. The van der Waals surface area contributed by atoms with Gasteiger partial charge in [0.15, 0.2) is 11.6 Å². The molecule has 0 fully saturated rings. The van der Waals surface area contributed by atoms with Gasteiger partial charge in [0.1, 0.15) is 0 Å². The number of aryl methyl sites for hydroxylation is 1. The Morgan fingerprint density at radius 3 is 1.54 bits per heavy atom. The Labute approximate surface area is 178 Å². The minimum atomic E-state index is -0.568. The molecule has 3 aromatic carbocycles. The Balaban J connectivity index is 1.70. The Bertz CT molecular complexity index is 983. The van der Waals surface area contributed by atoms with E-state index in [-0.39, 0.29) is 11.6 Å². The minimum Gasteiger partial charge on any atom is -0.293 e. The van der Waals surface area contributed by atoms with Crippen LogP contribution in [0.1, 0.15) is 45.7 Å². The van der Waals surface area contributed by atoms with Crippen LogP contribution in [-0.2, 0) is 0 Å². The second kappa shape index (κ2) is 8.46. The van der Waals surface area contributed by atoms with Crippen LogP contribution in [0.4, 0.5) is 0 Å². The summed E-state index contributed by atoms with van der Waals surface area (Å²) in [6.07, 6.45) is 0. The summed E-state index contributed by atoms with van der Waals surface area (Å²) in [7, 11) is 0. The predicted octanol–water partition coefficient (Wildman–Crippen LogP) is 6.73. The highest BCUT2D eigenvalue weighted by Crippen LogP contribution is 2.29. The summed E-state index contributed by atoms with van der Waals surface area (Å²) in [6.45, 7) is 5.69. The molecule has 0 unspecified atom stereocenters. The molecule has 0 aliphatic rings. The summed E-state index contributed by atoms with van der Waals surface area (Å²) >= 11 is 5.01. The molecule has 28 heavy (non-hydrogen) atoms. The van der Waals surface area contributed by atoms with Crippen molar-refractivity contribution in [3.63, 3.8) is 0 Å². The maximum Gasteiger partial charge on any atom is 0.193 e. The number of hydrogen-bond donors (Lipinski definition) is 0. The molecule has 0 aliphatic heterocycles. The van der Waals surface area contributed by atoms with E-state index in [4.69, 9.17) is 0 Å². The van der Waals surface area contributed by atoms with Crippen molar-refractivity contribution >= 4 is 39.3 Å². The summed E-state index contributed by atoms with van der Waals surface area (Å²) in [5.41, 5.74) is 3.19. The van der Waals surface area contributed by atoms with Crippen LogP contribution in [-0.4, -0.2) is 15.9 Å². The van der Waals surface area contributed by atoms with Gasteiger partial charge in [-0.15, -0.1) is 0 Å². The van der Waals surface area contributed by atoms with E-state index >= 15 is 0 Å². The van der Waals surface area contributed by atoms with Crippen molar-refractivity contribution in [3.8, 4) is 0 Å². The lowest BCUT2D eigenvalue weighted by atomic mass is 10.0. The van der Waals surface area contributed by atoms with Gasteiger partial charge in [-0.05, 0) is 57.2 Å². The van der Waals surface area contributed by atoms with Crippen molar-refractivity contribution in [1.29, 1.82) is 0 Å². The topological polar surface area (TPSA) is 34.1 Å². The van der Waals surface area contributed by atoms with E-state index in [2.05, 4.69) is 15.9 Å². The van der Waals surface area contributed by atoms with Crippen LogP contribution in [0.25, 0.3) is 0 Å². The van der Waals surface area contributed by atoms with Gasteiger partial charge in [-0.2, -0.15) is 0 Å². The second-order valence-electron chi connectivity index (χ2n) is 7.15. The fourth-order valence-corrected chi connectivity index (χ4v) is 3.75. The van der Waals surface area contributed by atoms with Gasteiger partial charge in [-0.3, -0.25) is 9.59 Å². The van der Waals surface area contributed by atoms with Crippen molar-refractivity contribution in [1.82, 2.24) is 0 Å². The minimum absolute atomic E-state index is 0.0248. The van der Waals surface area contributed by atoms with Crippen molar-refractivity contribution in [2.45, 2.75) is 34.9 Å². The van der Waals surface area contributed by atoms with Crippen molar-refractivity contribution in [2.75, 3.05) is 0 Å². The number of rotatable bonds is 6. The SMILES string of the molecule is Cc1ccc(C(=O)c2ccc(Sc3ccc(C(=O)C(C)(C)Br)cc3)cc2)cc1. The molecule has 0 saturated carbocycles. The largest absolute Gasteiger partial charge is 0.293 e. The van der Waals surface area contributed by atoms with Crippen LogP contribution in [0.5, 0.6) is 0 Å². The van der Waals surface area contributed by atoms with Crippen molar-refractivity contribution < 1.29 is 9.59 Å². The maximum atomic E-state index is 12.6. The molecule has 3 rings (SSSR count). The van der Waals surface area contributed by atoms with E-state index in [1.165, 1.54) is 0 Å². The van der Waals surface area contributed by atoms with Crippen LogP contribution in [0.2, 0.25) is 0 Å². The van der Waals surface area contributed by atoms with E-state index in [9.17, 15) is 9.59 Å². The molecule has 4 heteroatoms. The summed E-state index contributed by atoms with van der Waals surface area (Å²) < 4.78 is -0.568. The standard InChI is InChI=1S/C24H21BrO2S/c1-16-4-6-17(7-5-16)22(26)18-8-12-20(13-9-18)28-21-14-10-19(11-15-21)23(27)24(2,3)25/h4-15H,1-3H3. The Hall–Kier alpha value is -2.17. The highest BCUT2D eigenvalue weighted by Gasteiger charge is 2.24. The molecule has 0 atom stereocenters. The van der Waals surface area contributed by atoms with Crippen LogP contribution >= 0.6 is 27.7 Å². The number of hydrogen-bond acceptors (Lipinski definition) is 3. The first-order valence-corrected chi connectivity index (χ1v) is 10.6. The van der Waals surface area contributed by atoms with E-state index in [0.717, 1.165) is 15.4 Å². The number of alkyl halides is 1. The smallest absolute Gasteiger partial charge is 0.193 e. The van der Waals surface area contributed by atoms with Gasteiger partial charge in [-0.25, -0.2) is 0 Å². The van der Waals surface area contributed by atoms with Gasteiger partial charge in [0.2, 0.25) is 0 Å². The third-order valence-electron chi connectivity index (χ3n) is 4.32. The molecule has 0 aliphatic carbocycles. The number of halogens is 1. The molecule has 0 aromatic heterocycles. The Morgan fingerprint density at radius 2 is 1.11 bits per heavy atom. The zero-order valence-electron chi connectivity index (χ0n) is 16.0. The zero-order chi connectivity index (χ0) is 20.3. The lowest BCUT2D eigenvalue weighted by Gasteiger charge is -2.14. The normalized spacial score (nSPS) is 11.3. The molecule has 142 valence electrons. The summed E-state index contributed by atoms with van der Waals surface area (Å²) in [4.78, 5) is 26.9. The maximum absolute atomic E-state index is 12.6. The summed E-state index contributed by atoms with van der Waals surface area (Å²) in [5.74, 6) is 0.0832. The Morgan fingerprint density at radius 1 is 0.714 bits per heavy atom. The molecule has 0 saturated heterocycles. The van der Waals surface area contributed by atoms with Crippen molar-refractivity contribution in [2.24, 2.45) is 0 Å². The summed E-state index contributed by atoms with van der Waals surface area (Å²) in [5, 5.41) is 0. The molecule has 0 amide bonds. The third-order valence-corrected chi connectivity index (χ3v) is 5.70. The zero-order valence-corrected chi connectivity index (χ0v) is 18.4. The van der Waals surface area contributed by atoms with E-state index in [0.29, 0.717) is 16.7 Å². The van der Waals surface area contributed by atoms with Gasteiger partial charge in [0.05, 0.1) is 4.32 Å². The van der Waals surface area contributed by atoms with Crippen LogP contribution in [0, 0.1) is 6.92 Å². The molecule has 2 nitrogen and oxygen atoms in total. The fourth-order valence-electron chi connectivity index (χ4n) is 2.70. The van der Waals surface area contributed by atoms with Gasteiger partial charge in [-0.1, -0.05) is 69.7 Å². The molecule has 0 bridgehead atoms. The highest BCUT2D eigenvalue weighted by atomic mass is 79.9. The van der Waals surface area contributed by atoms with Crippen LogP contribution in [0.15, 0.2) is 82.6 Å². The quantitative estimate of drug-likeness (QED) is 0.306. The van der Waals surface area contributed by atoms with Gasteiger partial charge < -0.3 is 0 Å². The van der Waals surface area contributed by atoms with Crippen LogP contribution in [0.3, 0.4) is 0 Å². The second-order valence-corrected chi connectivity index (χ2v) is 10.3. The third kappa shape index (κ3) is 5.00. The number of Topliss-reactive ketones (excluding diaryl/α,β-unsaturated/α-hetero) is 1. The molecule has 0 spiro atoms. The van der Waals surface area contributed by atoms with E-state index < -0.39 is 4.32 Å². The highest BCUT2D eigenvalue weighted by molar-refractivity contribution is 9.10. The lowest BCUT2D eigenvalue weighted by molar-refractivity contribution is 0.0960. The van der Waals surface area contributed by atoms with Gasteiger partial charge in [0, 0.05) is 26.5 Å². The monoisotopic (exact) mass is 452 g/mol. The first-order valence-electron chi connectivity index (χ1n) is 8.97. The molecule has 0 heterocycles. The first-order chi connectivity index (χ1) is 13.2. The van der Waals surface area contributed by atoms with E-state index in [1.807, 2.05) is 93.6 Å². The molecular formula is C24H21BrO2S. The molecule has 0 N–H and O–H groups in total. The van der Waals surface area contributed by atoms with Gasteiger partial charge >= 0.3 is 0 Å². The molecular weight excluding hydrogens is 432 g/mol. The van der Waals surface area contributed by atoms with E-state index in [1.54, 1.807) is 11.8 Å². The number of carbonyl (C=O) groups excluding carboxylic acids is 2. The molecule has 0 radical (unpaired) electrons. The van der Waals surface area contributed by atoms with Gasteiger partial charge in [0.25, 0.3) is 0 Å². The molecule has 3 aromatic rings. The number of benzene rings is 3. The fraction of sp³-hybridized carbons (Fsp3) is 0.167. The lowest BCUT2D eigenvalue weighted by Crippen LogP contribution is -2.23.